The van der Waals surface area contributed by atoms with Gasteiger partial charge in [0.05, 0.1) is 18.5 Å². The highest BCUT2D eigenvalue weighted by Gasteiger charge is 2.16. The minimum atomic E-state index is -0.150. The Hall–Kier alpha value is -3.15. The molecule has 0 radical (unpaired) electrons. The Morgan fingerprint density at radius 1 is 1.12 bits per heavy atom. The topological polar surface area (TPSA) is 60.2 Å². The van der Waals surface area contributed by atoms with Gasteiger partial charge in [-0.2, -0.15) is 0 Å². The summed E-state index contributed by atoms with van der Waals surface area (Å²) in [5, 5.41) is 8.05. The maximum atomic E-state index is 12.5. The van der Waals surface area contributed by atoms with Gasteiger partial charge in [-0.3, -0.25) is 4.79 Å². The first kappa shape index (κ1) is 17.7. The Balaban J connectivity index is 1.51. The third-order valence-electron chi connectivity index (χ3n) is 4.01. The van der Waals surface area contributed by atoms with Crippen molar-refractivity contribution in [3.05, 3.63) is 72.1 Å². The Labute approximate surface area is 153 Å². The lowest BCUT2D eigenvalue weighted by Crippen LogP contribution is -2.29. The van der Waals surface area contributed by atoms with E-state index >= 15 is 0 Å². The Kier molecular flexibility index (Phi) is 5.63. The summed E-state index contributed by atoms with van der Waals surface area (Å²) in [7, 11) is 1.76. The molecule has 0 aliphatic heterocycles. The van der Waals surface area contributed by atoms with Crippen LogP contribution in [0.2, 0.25) is 0 Å². The average Bonchev–Trinajstić information content (AvgIpc) is 3.16. The van der Waals surface area contributed by atoms with Crippen LogP contribution in [0.5, 0.6) is 5.75 Å². The second kappa shape index (κ2) is 8.29. The summed E-state index contributed by atoms with van der Waals surface area (Å²) in [4.78, 5) is 14.1. The molecule has 3 aromatic rings. The van der Waals surface area contributed by atoms with E-state index in [-0.39, 0.29) is 5.91 Å². The van der Waals surface area contributed by atoms with E-state index in [1.165, 1.54) is 5.56 Å². The van der Waals surface area contributed by atoms with Gasteiger partial charge in [0.25, 0.3) is 5.91 Å². The first-order valence-corrected chi connectivity index (χ1v) is 8.56. The molecule has 0 saturated carbocycles. The molecule has 0 bridgehead atoms. The van der Waals surface area contributed by atoms with E-state index in [9.17, 15) is 4.79 Å². The van der Waals surface area contributed by atoms with Gasteiger partial charge in [0, 0.05) is 13.6 Å². The molecule has 134 valence electrons. The van der Waals surface area contributed by atoms with Gasteiger partial charge < -0.3 is 9.64 Å². The largest absolute Gasteiger partial charge is 0.494 e. The zero-order valence-electron chi connectivity index (χ0n) is 15.0. The van der Waals surface area contributed by atoms with Crippen LogP contribution in [0.15, 0.2) is 60.8 Å². The summed E-state index contributed by atoms with van der Waals surface area (Å²) in [5.74, 6) is 0.686. The summed E-state index contributed by atoms with van der Waals surface area (Å²) < 4.78 is 7.25. The molecule has 6 nitrogen and oxygen atoms in total. The number of aromatic nitrogens is 3. The average molecular weight is 350 g/mol. The summed E-state index contributed by atoms with van der Waals surface area (Å²) in [6.07, 6.45) is 2.40. The molecule has 2 aromatic carbocycles. The number of ether oxygens (including phenoxy) is 1. The molecule has 0 unspecified atom stereocenters. The quantitative estimate of drug-likeness (QED) is 0.614. The van der Waals surface area contributed by atoms with Crippen LogP contribution in [0.1, 0.15) is 22.5 Å². The first-order valence-electron chi connectivity index (χ1n) is 8.56. The summed E-state index contributed by atoms with van der Waals surface area (Å²) in [6, 6.07) is 17.5. The lowest BCUT2D eigenvalue weighted by molar-refractivity contribution is 0.0782. The van der Waals surface area contributed by atoms with Crippen molar-refractivity contribution in [2.45, 2.75) is 13.3 Å². The van der Waals surface area contributed by atoms with Gasteiger partial charge >= 0.3 is 0 Å². The number of aryl methyl sites for hydroxylation is 1. The second-order valence-electron chi connectivity index (χ2n) is 6.13. The minimum absolute atomic E-state index is 0.150. The lowest BCUT2D eigenvalue weighted by atomic mass is 10.2. The fraction of sp³-hybridized carbons (Fsp3) is 0.250. The molecule has 6 heteroatoms. The summed E-state index contributed by atoms with van der Waals surface area (Å²) in [6.45, 7) is 3.16. The number of para-hydroxylation sites is 1. The molecule has 0 saturated heterocycles. The number of hydrogen-bond acceptors (Lipinski definition) is 4. The van der Waals surface area contributed by atoms with Gasteiger partial charge in [0.15, 0.2) is 5.69 Å². The standard InChI is InChI=1S/C20H22N4O2/c1-16-9-11-17(12-10-16)24-15-19(21-22-24)20(25)23(2)13-6-14-26-18-7-4-3-5-8-18/h3-5,7-12,15H,6,13-14H2,1-2H3. The van der Waals surface area contributed by atoms with Crippen molar-refractivity contribution in [2.24, 2.45) is 0 Å². The van der Waals surface area contributed by atoms with Crippen molar-refractivity contribution < 1.29 is 9.53 Å². The van der Waals surface area contributed by atoms with Gasteiger partial charge in [-0.05, 0) is 37.6 Å². The van der Waals surface area contributed by atoms with E-state index < -0.39 is 0 Å². The predicted molar refractivity (Wildman–Crippen MR) is 99.6 cm³/mol. The molecule has 0 atom stereocenters. The smallest absolute Gasteiger partial charge is 0.275 e. The van der Waals surface area contributed by atoms with Gasteiger partial charge in [0.1, 0.15) is 5.75 Å². The van der Waals surface area contributed by atoms with Crippen LogP contribution in [-0.2, 0) is 0 Å². The molecule has 0 aliphatic carbocycles. The molecular formula is C20H22N4O2. The van der Waals surface area contributed by atoms with E-state index in [4.69, 9.17) is 4.74 Å². The molecule has 3 rings (SSSR count). The lowest BCUT2D eigenvalue weighted by Gasteiger charge is -2.15. The Bertz CT molecular complexity index is 844. The fourth-order valence-electron chi connectivity index (χ4n) is 2.49. The number of carbonyl (C=O) groups is 1. The normalized spacial score (nSPS) is 10.5. The zero-order valence-corrected chi connectivity index (χ0v) is 15.0. The van der Waals surface area contributed by atoms with Gasteiger partial charge in [0.2, 0.25) is 0 Å². The molecule has 0 aliphatic rings. The van der Waals surface area contributed by atoms with E-state index in [1.807, 2.05) is 61.5 Å². The summed E-state index contributed by atoms with van der Waals surface area (Å²) in [5.41, 5.74) is 2.38. The third-order valence-corrected chi connectivity index (χ3v) is 4.01. The van der Waals surface area contributed by atoms with Crippen LogP contribution in [0.4, 0.5) is 0 Å². The highest BCUT2D eigenvalue weighted by Crippen LogP contribution is 2.10. The van der Waals surface area contributed by atoms with E-state index in [0.717, 1.165) is 17.9 Å². The van der Waals surface area contributed by atoms with Crippen molar-refractivity contribution in [2.75, 3.05) is 20.2 Å². The van der Waals surface area contributed by atoms with Crippen LogP contribution in [0.25, 0.3) is 5.69 Å². The first-order chi connectivity index (χ1) is 12.6. The summed E-state index contributed by atoms with van der Waals surface area (Å²) >= 11 is 0. The minimum Gasteiger partial charge on any atom is -0.494 e. The molecular weight excluding hydrogens is 328 g/mol. The third kappa shape index (κ3) is 4.47. The van der Waals surface area contributed by atoms with Crippen molar-refractivity contribution in [3.8, 4) is 11.4 Å². The van der Waals surface area contributed by atoms with E-state index in [2.05, 4.69) is 10.3 Å². The Morgan fingerprint density at radius 2 is 1.85 bits per heavy atom. The number of nitrogens with zero attached hydrogens (tertiary/aromatic N) is 4. The zero-order chi connectivity index (χ0) is 18.4. The number of amides is 1. The van der Waals surface area contributed by atoms with Crippen LogP contribution in [0, 0.1) is 6.92 Å². The van der Waals surface area contributed by atoms with E-state index in [1.54, 1.807) is 22.8 Å². The van der Waals surface area contributed by atoms with E-state index in [0.29, 0.717) is 18.8 Å². The number of carbonyl (C=O) groups excluding carboxylic acids is 1. The maximum Gasteiger partial charge on any atom is 0.275 e. The number of rotatable bonds is 7. The van der Waals surface area contributed by atoms with Crippen LogP contribution in [0.3, 0.4) is 0 Å². The molecule has 0 spiro atoms. The van der Waals surface area contributed by atoms with Crippen molar-refractivity contribution in [3.63, 3.8) is 0 Å². The van der Waals surface area contributed by atoms with Crippen LogP contribution >= 0.6 is 0 Å². The van der Waals surface area contributed by atoms with Crippen molar-refractivity contribution in [1.82, 2.24) is 19.9 Å². The molecule has 1 aromatic heterocycles. The molecule has 26 heavy (non-hydrogen) atoms. The Morgan fingerprint density at radius 3 is 2.58 bits per heavy atom. The van der Waals surface area contributed by atoms with Gasteiger partial charge in [-0.25, -0.2) is 4.68 Å². The SMILES string of the molecule is Cc1ccc(-n2cc(C(=O)N(C)CCCOc3ccccc3)nn2)cc1. The molecule has 1 amide bonds. The van der Waals surface area contributed by atoms with Gasteiger partial charge in [-0.15, -0.1) is 5.10 Å². The highest BCUT2D eigenvalue weighted by molar-refractivity contribution is 5.91. The maximum absolute atomic E-state index is 12.5. The molecule has 0 N–H and O–H groups in total. The van der Waals surface area contributed by atoms with Crippen LogP contribution < -0.4 is 4.74 Å². The molecule has 1 heterocycles. The number of hydrogen-bond donors (Lipinski definition) is 0. The monoisotopic (exact) mass is 350 g/mol. The highest BCUT2D eigenvalue weighted by atomic mass is 16.5. The van der Waals surface area contributed by atoms with Crippen LogP contribution in [-0.4, -0.2) is 46.0 Å². The second-order valence-corrected chi connectivity index (χ2v) is 6.13. The number of benzene rings is 2. The molecule has 0 fully saturated rings. The van der Waals surface area contributed by atoms with Crippen molar-refractivity contribution in [1.29, 1.82) is 0 Å². The fourth-order valence-corrected chi connectivity index (χ4v) is 2.49. The predicted octanol–water partition coefficient (Wildman–Crippen LogP) is 3.12. The van der Waals surface area contributed by atoms with Crippen molar-refractivity contribution >= 4 is 5.91 Å². The van der Waals surface area contributed by atoms with Gasteiger partial charge in [-0.1, -0.05) is 41.1 Å².